The lowest BCUT2D eigenvalue weighted by molar-refractivity contribution is -0.140. The highest BCUT2D eigenvalue weighted by molar-refractivity contribution is 5.74. The van der Waals surface area contributed by atoms with Gasteiger partial charge in [-0.05, 0) is 25.2 Å². The number of hydrogen-bond donors (Lipinski definition) is 2. The molecule has 0 aromatic carbocycles. The minimum Gasteiger partial charge on any atom is -0.480 e. The molecule has 78 valence electrons. The van der Waals surface area contributed by atoms with Crippen molar-refractivity contribution in [2.24, 2.45) is 5.92 Å². The highest BCUT2D eigenvalue weighted by Gasteiger charge is 2.36. The van der Waals surface area contributed by atoms with E-state index in [0.29, 0.717) is 12.3 Å². The molecule has 2 atom stereocenters. The first-order valence-electron chi connectivity index (χ1n) is 5.11. The molecule has 1 rings (SSSR count). The number of carboxylic acid groups (broad SMARTS) is 1. The Labute approximate surface area is 84.9 Å². The van der Waals surface area contributed by atoms with Gasteiger partial charge >= 0.3 is 5.97 Å². The van der Waals surface area contributed by atoms with Crippen molar-refractivity contribution in [1.29, 1.82) is 0 Å². The molecular weight excluding hydrogens is 178 g/mol. The fourth-order valence-corrected chi connectivity index (χ4v) is 1.56. The summed E-state index contributed by atoms with van der Waals surface area (Å²) in [7, 11) is 0. The van der Waals surface area contributed by atoms with Crippen molar-refractivity contribution in [2.75, 3.05) is 0 Å². The summed E-state index contributed by atoms with van der Waals surface area (Å²) in [5, 5.41) is 12.1. The third-order valence-corrected chi connectivity index (χ3v) is 2.63. The summed E-state index contributed by atoms with van der Waals surface area (Å²) in [5.74, 6) is 2.14. The lowest BCUT2D eigenvalue weighted by Gasteiger charge is -2.20. The van der Waals surface area contributed by atoms with Gasteiger partial charge in [0.1, 0.15) is 6.04 Å². The zero-order chi connectivity index (χ0) is 10.6. The van der Waals surface area contributed by atoms with Crippen LogP contribution in [0.2, 0.25) is 0 Å². The van der Waals surface area contributed by atoms with Crippen molar-refractivity contribution in [1.82, 2.24) is 5.32 Å². The first-order chi connectivity index (χ1) is 6.69. The van der Waals surface area contributed by atoms with Crippen molar-refractivity contribution < 1.29 is 9.90 Å². The average Bonchev–Trinajstić information content (AvgIpc) is 2.94. The van der Waals surface area contributed by atoms with Gasteiger partial charge in [0.2, 0.25) is 0 Å². The van der Waals surface area contributed by atoms with Crippen molar-refractivity contribution >= 4 is 5.97 Å². The molecule has 3 nitrogen and oxygen atoms in total. The number of carbonyl (C=O) groups is 1. The Hall–Kier alpha value is -1.01. The van der Waals surface area contributed by atoms with Gasteiger partial charge < -0.3 is 10.4 Å². The molecule has 2 unspecified atom stereocenters. The molecule has 0 radical (unpaired) electrons. The van der Waals surface area contributed by atoms with Crippen LogP contribution < -0.4 is 5.32 Å². The normalized spacial score (nSPS) is 19.7. The Bertz CT molecular complexity index is 240. The smallest absolute Gasteiger partial charge is 0.320 e. The zero-order valence-corrected chi connectivity index (χ0v) is 8.49. The molecule has 0 spiro atoms. The molecule has 3 heteroatoms. The molecule has 0 bridgehead atoms. The van der Waals surface area contributed by atoms with Gasteiger partial charge in [-0.1, -0.05) is 6.92 Å². The second kappa shape index (κ2) is 5.02. The third-order valence-electron chi connectivity index (χ3n) is 2.63. The number of hydrogen-bond acceptors (Lipinski definition) is 2. The van der Waals surface area contributed by atoms with E-state index in [1.807, 2.05) is 6.92 Å². The first kappa shape index (κ1) is 11.1. The number of carboxylic acids is 1. The summed E-state index contributed by atoms with van der Waals surface area (Å²) in [4.78, 5) is 10.9. The second-order valence-corrected chi connectivity index (χ2v) is 3.83. The fourth-order valence-electron chi connectivity index (χ4n) is 1.56. The van der Waals surface area contributed by atoms with Crippen molar-refractivity contribution in [3.63, 3.8) is 0 Å². The number of rotatable bonds is 6. The van der Waals surface area contributed by atoms with Crippen LogP contribution in [0.3, 0.4) is 0 Å². The molecule has 2 N–H and O–H groups in total. The predicted octanol–water partition coefficient (Wildman–Crippen LogP) is 1.24. The van der Waals surface area contributed by atoms with Gasteiger partial charge in [0.15, 0.2) is 0 Å². The van der Waals surface area contributed by atoms with E-state index in [9.17, 15) is 4.79 Å². The Balaban J connectivity index is 2.44. The Morgan fingerprint density at radius 1 is 1.71 bits per heavy atom. The van der Waals surface area contributed by atoms with Crippen LogP contribution >= 0.6 is 0 Å². The highest BCUT2D eigenvalue weighted by atomic mass is 16.4. The van der Waals surface area contributed by atoms with E-state index in [-0.39, 0.29) is 6.04 Å². The van der Waals surface area contributed by atoms with Gasteiger partial charge in [0, 0.05) is 12.5 Å². The molecule has 1 aliphatic carbocycles. The molecule has 1 aliphatic rings. The maximum atomic E-state index is 10.9. The summed E-state index contributed by atoms with van der Waals surface area (Å²) < 4.78 is 0. The van der Waals surface area contributed by atoms with E-state index < -0.39 is 12.0 Å². The van der Waals surface area contributed by atoms with Gasteiger partial charge in [0.25, 0.3) is 0 Å². The Morgan fingerprint density at radius 3 is 2.71 bits per heavy atom. The number of aliphatic carboxylic acids is 1. The zero-order valence-electron chi connectivity index (χ0n) is 8.49. The van der Waals surface area contributed by atoms with Gasteiger partial charge in [-0.2, -0.15) is 0 Å². The molecule has 1 fully saturated rings. The average molecular weight is 195 g/mol. The van der Waals surface area contributed by atoms with Gasteiger partial charge in [-0.3, -0.25) is 4.79 Å². The van der Waals surface area contributed by atoms with E-state index in [2.05, 4.69) is 11.2 Å². The Kier molecular flexibility index (Phi) is 3.97. The SMILES string of the molecule is C#CCC(CC)NC(C(=O)O)C1CC1. The lowest BCUT2D eigenvalue weighted by Crippen LogP contribution is -2.44. The second-order valence-electron chi connectivity index (χ2n) is 3.83. The molecule has 0 aromatic heterocycles. The van der Waals surface area contributed by atoms with E-state index in [1.54, 1.807) is 0 Å². The van der Waals surface area contributed by atoms with Crippen molar-refractivity contribution in [2.45, 2.75) is 44.7 Å². The molecular formula is C11H17NO2. The van der Waals surface area contributed by atoms with Crippen LogP contribution in [0.25, 0.3) is 0 Å². The third kappa shape index (κ3) is 3.04. The van der Waals surface area contributed by atoms with Crippen LogP contribution in [-0.2, 0) is 4.79 Å². The summed E-state index contributed by atoms with van der Waals surface area (Å²) in [5.41, 5.74) is 0. The van der Waals surface area contributed by atoms with Crippen LogP contribution in [0.1, 0.15) is 32.6 Å². The summed E-state index contributed by atoms with van der Waals surface area (Å²) in [6, 6.07) is -0.255. The Morgan fingerprint density at radius 2 is 2.36 bits per heavy atom. The van der Waals surface area contributed by atoms with E-state index in [4.69, 9.17) is 11.5 Å². The van der Waals surface area contributed by atoms with Crippen LogP contribution in [-0.4, -0.2) is 23.2 Å². The summed E-state index contributed by atoms with van der Waals surface area (Å²) in [6.45, 7) is 2.01. The molecule has 0 amide bonds. The quantitative estimate of drug-likeness (QED) is 0.627. The topological polar surface area (TPSA) is 49.3 Å². The molecule has 0 aromatic rings. The van der Waals surface area contributed by atoms with E-state index in [0.717, 1.165) is 19.3 Å². The lowest BCUT2D eigenvalue weighted by atomic mass is 10.1. The van der Waals surface area contributed by atoms with Crippen LogP contribution in [0.4, 0.5) is 0 Å². The minimum atomic E-state index is -0.747. The number of nitrogens with one attached hydrogen (secondary N) is 1. The van der Waals surface area contributed by atoms with Gasteiger partial charge in [0.05, 0.1) is 0 Å². The minimum absolute atomic E-state index is 0.140. The van der Waals surface area contributed by atoms with Crippen LogP contribution in [0, 0.1) is 18.3 Å². The molecule has 14 heavy (non-hydrogen) atoms. The maximum Gasteiger partial charge on any atom is 0.320 e. The van der Waals surface area contributed by atoms with E-state index >= 15 is 0 Å². The van der Waals surface area contributed by atoms with Crippen LogP contribution in [0.5, 0.6) is 0 Å². The number of terminal acetylenes is 1. The summed E-state index contributed by atoms with van der Waals surface area (Å²) >= 11 is 0. The van der Waals surface area contributed by atoms with Crippen molar-refractivity contribution in [3.8, 4) is 12.3 Å². The summed E-state index contributed by atoms with van der Waals surface area (Å²) in [6.07, 6.45) is 8.74. The standard InChI is InChI=1S/C11H17NO2/c1-3-5-9(4-2)12-10(11(13)14)8-6-7-8/h1,8-10,12H,4-7H2,2H3,(H,13,14). The van der Waals surface area contributed by atoms with Gasteiger partial charge in [-0.15, -0.1) is 12.3 Å². The predicted molar refractivity (Wildman–Crippen MR) is 54.8 cm³/mol. The molecule has 0 saturated heterocycles. The highest BCUT2D eigenvalue weighted by Crippen LogP contribution is 2.33. The van der Waals surface area contributed by atoms with Crippen molar-refractivity contribution in [3.05, 3.63) is 0 Å². The fraction of sp³-hybridized carbons (Fsp3) is 0.727. The van der Waals surface area contributed by atoms with E-state index in [1.165, 1.54) is 0 Å². The van der Waals surface area contributed by atoms with Gasteiger partial charge in [-0.25, -0.2) is 0 Å². The monoisotopic (exact) mass is 195 g/mol. The molecule has 1 saturated carbocycles. The van der Waals surface area contributed by atoms with Crippen LogP contribution in [0.15, 0.2) is 0 Å². The molecule has 0 heterocycles. The largest absolute Gasteiger partial charge is 0.480 e. The molecule has 0 aliphatic heterocycles. The maximum absolute atomic E-state index is 10.9. The first-order valence-corrected chi connectivity index (χ1v) is 5.11.